The van der Waals surface area contributed by atoms with Crippen molar-refractivity contribution in [2.75, 3.05) is 7.11 Å². The van der Waals surface area contributed by atoms with Crippen molar-refractivity contribution in [1.29, 1.82) is 0 Å². The van der Waals surface area contributed by atoms with Crippen LogP contribution in [-0.2, 0) is 0 Å². The molecule has 1 unspecified atom stereocenters. The van der Waals surface area contributed by atoms with Gasteiger partial charge in [0, 0.05) is 5.56 Å². The van der Waals surface area contributed by atoms with Crippen LogP contribution in [0.3, 0.4) is 0 Å². The molecular formula is C13H11BrF2OS. The van der Waals surface area contributed by atoms with Gasteiger partial charge in [-0.15, -0.1) is 11.3 Å². The van der Waals surface area contributed by atoms with E-state index in [1.165, 1.54) is 30.4 Å². The second kappa shape index (κ2) is 5.36. The minimum absolute atomic E-state index is 0.277. The monoisotopic (exact) mass is 332 g/mol. The predicted octanol–water partition coefficient (Wildman–Crippen LogP) is 4.83. The average Bonchev–Trinajstić information content (AvgIpc) is 2.81. The molecule has 96 valence electrons. The highest BCUT2D eigenvalue weighted by molar-refractivity contribution is 9.09. The lowest BCUT2D eigenvalue weighted by Gasteiger charge is -2.12. The van der Waals surface area contributed by atoms with Crippen molar-refractivity contribution in [3.63, 3.8) is 0 Å². The Morgan fingerprint density at radius 2 is 2.00 bits per heavy atom. The molecule has 0 spiro atoms. The Hall–Kier alpha value is -0.940. The van der Waals surface area contributed by atoms with Crippen LogP contribution in [0.15, 0.2) is 23.6 Å². The van der Waals surface area contributed by atoms with E-state index in [1.807, 2.05) is 5.38 Å². The number of aryl methyl sites for hydroxylation is 1. The zero-order chi connectivity index (χ0) is 13.3. The van der Waals surface area contributed by atoms with Gasteiger partial charge in [0.25, 0.3) is 0 Å². The van der Waals surface area contributed by atoms with Gasteiger partial charge in [-0.25, -0.2) is 8.78 Å². The van der Waals surface area contributed by atoms with Gasteiger partial charge in [0.1, 0.15) is 17.4 Å². The molecule has 0 aliphatic rings. The molecule has 0 aliphatic heterocycles. The molecule has 0 N–H and O–H groups in total. The fourth-order valence-electron chi connectivity index (χ4n) is 1.66. The third-order valence-corrected chi connectivity index (χ3v) is 4.88. The van der Waals surface area contributed by atoms with E-state index in [-0.39, 0.29) is 5.56 Å². The highest BCUT2D eigenvalue weighted by atomic mass is 79.9. The van der Waals surface area contributed by atoms with E-state index in [0.717, 1.165) is 4.88 Å². The summed E-state index contributed by atoms with van der Waals surface area (Å²) in [7, 11) is 1.55. The molecular weight excluding hydrogens is 322 g/mol. The zero-order valence-corrected chi connectivity index (χ0v) is 12.2. The summed E-state index contributed by atoms with van der Waals surface area (Å²) in [5.41, 5.74) is 0.577. The SMILES string of the molecule is COc1ccsc1C(Br)c1cc(F)c(C)cc1F. The fourth-order valence-corrected chi connectivity index (χ4v) is 3.41. The summed E-state index contributed by atoms with van der Waals surface area (Å²) in [5.74, 6) is -0.167. The second-order valence-corrected chi connectivity index (χ2v) is 5.70. The maximum atomic E-state index is 13.9. The van der Waals surface area contributed by atoms with Gasteiger partial charge in [-0.3, -0.25) is 0 Å². The van der Waals surface area contributed by atoms with Crippen molar-refractivity contribution in [2.45, 2.75) is 11.8 Å². The molecule has 1 aromatic carbocycles. The van der Waals surface area contributed by atoms with Crippen LogP contribution in [0.4, 0.5) is 8.78 Å². The summed E-state index contributed by atoms with van der Waals surface area (Å²) >= 11 is 4.83. The number of thiophene rings is 1. The van der Waals surface area contributed by atoms with Gasteiger partial charge >= 0.3 is 0 Å². The van der Waals surface area contributed by atoms with Crippen molar-refractivity contribution < 1.29 is 13.5 Å². The normalized spacial score (nSPS) is 12.5. The minimum atomic E-state index is -0.425. The summed E-state index contributed by atoms with van der Waals surface area (Å²) in [4.78, 5) is 0.405. The molecule has 1 heterocycles. The molecule has 0 saturated carbocycles. The molecule has 0 aliphatic carbocycles. The number of hydrogen-bond donors (Lipinski definition) is 0. The van der Waals surface area contributed by atoms with Crippen molar-refractivity contribution in [3.8, 4) is 5.75 Å². The Morgan fingerprint density at radius 3 is 2.67 bits per heavy atom. The van der Waals surface area contributed by atoms with Crippen molar-refractivity contribution in [1.82, 2.24) is 0 Å². The van der Waals surface area contributed by atoms with Crippen LogP contribution < -0.4 is 4.74 Å². The Balaban J connectivity index is 2.46. The molecule has 5 heteroatoms. The third-order valence-electron chi connectivity index (χ3n) is 2.66. The molecule has 18 heavy (non-hydrogen) atoms. The van der Waals surface area contributed by atoms with Gasteiger partial charge in [0.2, 0.25) is 0 Å². The molecule has 1 nitrogen and oxygen atoms in total. The maximum Gasteiger partial charge on any atom is 0.134 e. The number of rotatable bonds is 3. The van der Waals surface area contributed by atoms with E-state index in [9.17, 15) is 8.78 Å². The quantitative estimate of drug-likeness (QED) is 0.731. The van der Waals surface area contributed by atoms with Crippen LogP contribution >= 0.6 is 27.3 Å². The van der Waals surface area contributed by atoms with Gasteiger partial charge in [-0.2, -0.15) is 0 Å². The molecule has 0 saturated heterocycles. The van der Waals surface area contributed by atoms with Gasteiger partial charge < -0.3 is 4.74 Å². The number of ether oxygens (including phenoxy) is 1. The zero-order valence-electron chi connectivity index (χ0n) is 9.84. The van der Waals surface area contributed by atoms with E-state index in [2.05, 4.69) is 15.9 Å². The van der Waals surface area contributed by atoms with E-state index in [0.29, 0.717) is 11.3 Å². The Morgan fingerprint density at radius 1 is 1.28 bits per heavy atom. The lowest BCUT2D eigenvalue weighted by molar-refractivity contribution is 0.413. The van der Waals surface area contributed by atoms with Gasteiger partial charge in [0.15, 0.2) is 0 Å². The molecule has 0 fully saturated rings. The highest BCUT2D eigenvalue weighted by Gasteiger charge is 2.21. The summed E-state index contributed by atoms with van der Waals surface area (Å²) < 4.78 is 32.6. The van der Waals surface area contributed by atoms with Crippen LogP contribution in [0.5, 0.6) is 5.75 Å². The third kappa shape index (κ3) is 2.42. The van der Waals surface area contributed by atoms with Crippen molar-refractivity contribution >= 4 is 27.3 Å². The van der Waals surface area contributed by atoms with E-state index >= 15 is 0 Å². The van der Waals surface area contributed by atoms with Crippen LogP contribution in [0.25, 0.3) is 0 Å². The van der Waals surface area contributed by atoms with Crippen LogP contribution in [-0.4, -0.2) is 7.11 Å². The van der Waals surface area contributed by atoms with Crippen molar-refractivity contribution in [2.24, 2.45) is 0 Å². The minimum Gasteiger partial charge on any atom is -0.496 e. The molecule has 0 radical (unpaired) electrons. The average molecular weight is 333 g/mol. The van der Waals surface area contributed by atoms with Gasteiger partial charge in [-0.05, 0) is 36.1 Å². The van der Waals surface area contributed by atoms with E-state index in [1.54, 1.807) is 13.2 Å². The lowest BCUT2D eigenvalue weighted by Crippen LogP contribution is -1.99. The molecule has 1 aromatic heterocycles. The molecule has 0 bridgehead atoms. The second-order valence-electron chi connectivity index (χ2n) is 3.84. The van der Waals surface area contributed by atoms with Crippen LogP contribution in [0.1, 0.15) is 20.8 Å². The summed E-state index contributed by atoms with van der Waals surface area (Å²) in [6, 6.07) is 4.24. The van der Waals surface area contributed by atoms with Gasteiger partial charge in [-0.1, -0.05) is 15.9 Å². The summed E-state index contributed by atoms with van der Waals surface area (Å²) in [6.07, 6.45) is 0. The number of halogens is 3. The predicted molar refractivity (Wildman–Crippen MR) is 72.7 cm³/mol. The lowest BCUT2D eigenvalue weighted by atomic mass is 10.1. The first-order valence-electron chi connectivity index (χ1n) is 5.25. The summed E-state index contributed by atoms with van der Waals surface area (Å²) in [5, 5.41) is 1.85. The van der Waals surface area contributed by atoms with Gasteiger partial charge in [0.05, 0.1) is 16.8 Å². The largest absolute Gasteiger partial charge is 0.496 e. The van der Waals surface area contributed by atoms with E-state index < -0.39 is 16.5 Å². The first kappa shape index (κ1) is 13.5. The Labute approximate surface area is 117 Å². The number of methoxy groups -OCH3 is 1. The maximum absolute atomic E-state index is 13.9. The first-order chi connectivity index (χ1) is 8.54. The van der Waals surface area contributed by atoms with Crippen LogP contribution in [0, 0.1) is 18.6 Å². The standard InChI is InChI=1S/C13H11BrF2OS/c1-7-5-10(16)8(6-9(7)15)12(14)13-11(17-2)3-4-18-13/h3-6,12H,1-2H3. The molecule has 0 amide bonds. The molecule has 1 atom stereocenters. The topological polar surface area (TPSA) is 9.23 Å². The Kier molecular flexibility index (Phi) is 4.02. The number of benzene rings is 1. The first-order valence-corrected chi connectivity index (χ1v) is 7.05. The fraction of sp³-hybridized carbons (Fsp3) is 0.231. The number of alkyl halides is 1. The molecule has 2 aromatic rings. The summed E-state index contributed by atoms with van der Waals surface area (Å²) in [6.45, 7) is 1.54. The molecule has 2 rings (SSSR count). The Bertz CT molecular complexity index is 568. The highest BCUT2D eigenvalue weighted by Crippen LogP contribution is 2.41. The van der Waals surface area contributed by atoms with E-state index in [4.69, 9.17) is 4.74 Å². The smallest absolute Gasteiger partial charge is 0.134 e. The van der Waals surface area contributed by atoms with Crippen LogP contribution in [0.2, 0.25) is 0 Å². The number of hydrogen-bond acceptors (Lipinski definition) is 2. The van der Waals surface area contributed by atoms with Crippen molar-refractivity contribution in [3.05, 3.63) is 51.2 Å².